The van der Waals surface area contributed by atoms with Gasteiger partial charge in [-0.15, -0.1) is 0 Å². The molecule has 0 spiro atoms. The van der Waals surface area contributed by atoms with Gasteiger partial charge in [0.2, 0.25) is 0 Å². The Morgan fingerprint density at radius 2 is 1.68 bits per heavy atom. The number of aliphatic hydroxyl groups excluding tert-OH is 3. The Morgan fingerprint density at radius 1 is 0.947 bits per heavy atom. The molecule has 104 valence electrons. The number of benzene rings is 1. The summed E-state index contributed by atoms with van der Waals surface area (Å²) in [6.07, 6.45) is -5.93. The Kier molecular flexibility index (Phi) is 3.53. The minimum Gasteiger partial charge on any atom is -0.387 e. The van der Waals surface area contributed by atoms with Gasteiger partial charge in [-0.3, -0.25) is 0 Å². The summed E-state index contributed by atoms with van der Waals surface area (Å²) in [7, 11) is 0. The van der Waals surface area contributed by atoms with E-state index in [9.17, 15) is 15.3 Å². The predicted octanol–water partition coefficient (Wildman–Crippen LogP) is -0.460. The lowest BCUT2D eigenvalue weighted by Crippen LogP contribution is -2.61. The fourth-order valence-corrected chi connectivity index (χ4v) is 2.37. The van der Waals surface area contributed by atoms with Crippen LogP contribution in [0.15, 0.2) is 30.3 Å². The Balaban J connectivity index is 1.75. The molecule has 1 aromatic rings. The summed E-state index contributed by atoms with van der Waals surface area (Å²) in [6, 6.07) is 9.31. The van der Waals surface area contributed by atoms with Gasteiger partial charge in [0.25, 0.3) is 0 Å². The molecule has 2 heterocycles. The molecule has 2 aliphatic rings. The molecule has 1 aromatic carbocycles. The fourth-order valence-electron chi connectivity index (χ4n) is 2.37. The van der Waals surface area contributed by atoms with Gasteiger partial charge >= 0.3 is 0 Å². The van der Waals surface area contributed by atoms with Crippen LogP contribution >= 0.6 is 0 Å². The third-order valence-electron chi connectivity index (χ3n) is 3.42. The molecule has 19 heavy (non-hydrogen) atoms. The molecule has 0 aliphatic carbocycles. The van der Waals surface area contributed by atoms with E-state index in [-0.39, 0.29) is 6.61 Å². The van der Waals surface area contributed by atoms with Crippen LogP contribution in [0.2, 0.25) is 0 Å². The van der Waals surface area contributed by atoms with Crippen molar-refractivity contribution in [1.29, 1.82) is 0 Å². The molecule has 3 rings (SSSR count). The number of fused-ring (bicyclic) bond motifs is 1. The van der Waals surface area contributed by atoms with Gasteiger partial charge in [-0.2, -0.15) is 0 Å². The average molecular weight is 268 g/mol. The molecule has 0 bridgehead atoms. The SMILES string of the molecule is OC1O[C@H]2CO[C@@H](c3ccccc3)O[C@H]2[C@H](O)[C@@H]1O. The highest BCUT2D eigenvalue weighted by Gasteiger charge is 2.48. The Bertz CT molecular complexity index is 422. The van der Waals surface area contributed by atoms with Crippen LogP contribution in [0.3, 0.4) is 0 Å². The molecule has 0 aromatic heterocycles. The van der Waals surface area contributed by atoms with Crippen LogP contribution in [-0.4, -0.2) is 52.6 Å². The zero-order valence-corrected chi connectivity index (χ0v) is 10.1. The van der Waals surface area contributed by atoms with Gasteiger partial charge in [0.15, 0.2) is 12.6 Å². The molecule has 6 heteroatoms. The van der Waals surface area contributed by atoms with Gasteiger partial charge in [-0.05, 0) is 0 Å². The molecule has 6 atom stereocenters. The van der Waals surface area contributed by atoms with E-state index in [1.54, 1.807) is 0 Å². The van der Waals surface area contributed by atoms with E-state index in [1.165, 1.54) is 0 Å². The van der Waals surface area contributed by atoms with E-state index in [1.807, 2.05) is 30.3 Å². The quantitative estimate of drug-likeness (QED) is 0.639. The lowest BCUT2D eigenvalue weighted by Gasteiger charge is -2.45. The van der Waals surface area contributed by atoms with Crippen LogP contribution < -0.4 is 0 Å². The highest BCUT2D eigenvalue weighted by atomic mass is 16.7. The summed E-state index contributed by atoms with van der Waals surface area (Å²) in [5, 5.41) is 29.0. The van der Waals surface area contributed by atoms with E-state index in [0.717, 1.165) is 5.56 Å². The van der Waals surface area contributed by atoms with Crippen molar-refractivity contribution in [2.45, 2.75) is 37.0 Å². The molecule has 0 amide bonds. The molecule has 3 N–H and O–H groups in total. The van der Waals surface area contributed by atoms with Gasteiger partial charge in [-0.1, -0.05) is 30.3 Å². The molecular formula is C13H16O6. The summed E-state index contributed by atoms with van der Waals surface area (Å²) < 4.78 is 16.3. The maximum absolute atomic E-state index is 9.94. The van der Waals surface area contributed by atoms with E-state index in [2.05, 4.69) is 0 Å². The standard InChI is InChI=1S/C13H16O6/c14-9-10(15)12(16)18-8-6-17-13(19-11(8)9)7-4-2-1-3-5-7/h1-5,8-16H,6H2/t8-,9+,10-,11+,12?,13+/m0/s1. The van der Waals surface area contributed by atoms with Crippen molar-refractivity contribution >= 4 is 0 Å². The maximum Gasteiger partial charge on any atom is 0.184 e. The van der Waals surface area contributed by atoms with Gasteiger partial charge in [0.05, 0.1) is 6.61 Å². The molecule has 2 saturated heterocycles. The van der Waals surface area contributed by atoms with E-state index >= 15 is 0 Å². The van der Waals surface area contributed by atoms with Crippen LogP contribution in [0.25, 0.3) is 0 Å². The third kappa shape index (κ3) is 2.38. The Labute approximate surface area is 110 Å². The summed E-state index contributed by atoms with van der Waals surface area (Å²) >= 11 is 0. The van der Waals surface area contributed by atoms with Crippen LogP contribution in [0.1, 0.15) is 11.9 Å². The van der Waals surface area contributed by atoms with Crippen molar-refractivity contribution < 1.29 is 29.5 Å². The van der Waals surface area contributed by atoms with Crippen LogP contribution in [0.4, 0.5) is 0 Å². The summed E-state index contributed by atoms with van der Waals surface area (Å²) in [4.78, 5) is 0. The smallest absolute Gasteiger partial charge is 0.184 e. The molecule has 0 saturated carbocycles. The third-order valence-corrected chi connectivity index (χ3v) is 3.42. The Morgan fingerprint density at radius 3 is 2.42 bits per heavy atom. The number of aliphatic hydroxyl groups is 3. The van der Waals surface area contributed by atoms with E-state index in [0.29, 0.717) is 0 Å². The molecule has 2 fully saturated rings. The lowest BCUT2D eigenvalue weighted by molar-refractivity contribution is -0.354. The molecule has 6 nitrogen and oxygen atoms in total. The van der Waals surface area contributed by atoms with Crippen molar-refractivity contribution in [3.05, 3.63) is 35.9 Å². The van der Waals surface area contributed by atoms with E-state index in [4.69, 9.17) is 14.2 Å². The number of hydrogen-bond acceptors (Lipinski definition) is 6. The van der Waals surface area contributed by atoms with Crippen molar-refractivity contribution in [3.63, 3.8) is 0 Å². The topological polar surface area (TPSA) is 88.4 Å². The summed E-state index contributed by atoms with van der Waals surface area (Å²) in [6.45, 7) is 0.186. The number of ether oxygens (including phenoxy) is 3. The van der Waals surface area contributed by atoms with Crippen molar-refractivity contribution in [1.82, 2.24) is 0 Å². The highest BCUT2D eigenvalue weighted by Crippen LogP contribution is 2.33. The summed E-state index contributed by atoms with van der Waals surface area (Å²) in [5.74, 6) is 0. The average Bonchev–Trinajstić information content (AvgIpc) is 2.46. The molecule has 0 radical (unpaired) electrons. The minimum absolute atomic E-state index is 0.186. The lowest BCUT2D eigenvalue weighted by atomic mass is 9.98. The van der Waals surface area contributed by atoms with Gasteiger partial charge in [0, 0.05) is 5.56 Å². The van der Waals surface area contributed by atoms with Gasteiger partial charge in [0.1, 0.15) is 24.4 Å². The van der Waals surface area contributed by atoms with Crippen molar-refractivity contribution in [2.24, 2.45) is 0 Å². The first-order valence-electron chi connectivity index (χ1n) is 6.18. The van der Waals surface area contributed by atoms with Gasteiger partial charge in [-0.25, -0.2) is 0 Å². The fraction of sp³-hybridized carbons (Fsp3) is 0.538. The van der Waals surface area contributed by atoms with Crippen molar-refractivity contribution in [2.75, 3.05) is 6.61 Å². The van der Waals surface area contributed by atoms with Gasteiger partial charge < -0.3 is 29.5 Å². The van der Waals surface area contributed by atoms with Crippen LogP contribution in [-0.2, 0) is 14.2 Å². The molecule has 2 aliphatic heterocycles. The normalized spacial score (nSPS) is 42.7. The maximum atomic E-state index is 9.94. The Hall–Kier alpha value is -1.02. The minimum atomic E-state index is -1.42. The molecule has 1 unspecified atom stereocenters. The highest BCUT2D eigenvalue weighted by molar-refractivity contribution is 5.16. The zero-order valence-electron chi connectivity index (χ0n) is 10.1. The number of rotatable bonds is 1. The van der Waals surface area contributed by atoms with Crippen LogP contribution in [0, 0.1) is 0 Å². The van der Waals surface area contributed by atoms with Crippen molar-refractivity contribution in [3.8, 4) is 0 Å². The monoisotopic (exact) mass is 268 g/mol. The largest absolute Gasteiger partial charge is 0.387 e. The second kappa shape index (κ2) is 5.16. The first-order chi connectivity index (χ1) is 9.16. The second-order valence-corrected chi connectivity index (χ2v) is 4.72. The second-order valence-electron chi connectivity index (χ2n) is 4.72. The van der Waals surface area contributed by atoms with E-state index < -0.39 is 37.0 Å². The zero-order chi connectivity index (χ0) is 13.4. The first-order valence-corrected chi connectivity index (χ1v) is 6.18. The number of hydrogen-bond donors (Lipinski definition) is 3. The molecular weight excluding hydrogens is 252 g/mol. The first kappa shape index (κ1) is 13.0. The van der Waals surface area contributed by atoms with Crippen LogP contribution in [0.5, 0.6) is 0 Å². The predicted molar refractivity (Wildman–Crippen MR) is 62.9 cm³/mol. The summed E-state index contributed by atoms with van der Waals surface area (Å²) in [5.41, 5.74) is 0.828.